The van der Waals surface area contributed by atoms with Crippen LogP contribution in [0.1, 0.15) is 27.7 Å². The van der Waals surface area contributed by atoms with Crippen LogP contribution in [-0.2, 0) is 11.2 Å². The van der Waals surface area contributed by atoms with E-state index in [0.29, 0.717) is 27.7 Å². The van der Waals surface area contributed by atoms with Crippen molar-refractivity contribution in [1.82, 2.24) is 0 Å². The molecule has 1 radical (unpaired) electrons. The van der Waals surface area contributed by atoms with Crippen LogP contribution in [0.5, 0.6) is 0 Å². The number of hydrogen-bond acceptors (Lipinski definition) is 3. The van der Waals surface area contributed by atoms with Gasteiger partial charge in [-0.25, -0.2) is 0 Å². The third-order valence-corrected chi connectivity index (χ3v) is 4.37. The fourth-order valence-electron chi connectivity index (χ4n) is 2.11. The molecule has 0 saturated heterocycles. The summed E-state index contributed by atoms with van der Waals surface area (Å²) in [5.74, 6) is -0.253. The molecule has 2 rings (SSSR count). The summed E-state index contributed by atoms with van der Waals surface area (Å²) >= 11 is 7.19. The lowest BCUT2D eigenvalue weighted by atomic mass is 10.1. The molecular formula is C15H14ClN2O2S. The number of aryl methyl sites for hydroxylation is 1. The molecule has 109 valence electrons. The maximum Gasteiger partial charge on any atom is 0.314 e. The first-order valence-corrected chi connectivity index (χ1v) is 7.58. The Morgan fingerprint density at radius 3 is 2.57 bits per heavy atom. The van der Waals surface area contributed by atoms with E-state index in [0.717, 1.165) is 10.4 Å². The summed E-state index contributed by atoms with van der Waals surface area (Å²) in [4.78, 5) is 24.1. The molecule has 1 aromatic carbocycles. The van der Waals surface area contributed by atoms with Crippen LogP contribution in [0.15, 0.2) is 24.3 Å². The molecule has 1 heterocycles. The Balaban J connectivity index is 2.33. The molecule has 0 fully saturated rings. The molecule has 6 heteroatoms. The predicted molar refractivity (Wildman–Crippen MR) is 87.2 cm³/mol. The van der Waals surface area contributed by atoms with Gasteiger partial charge in [0, 0.05) is 15.6 Å². The lowest BCUT2D eigenvalue weighted by Crippen LogP contribution is -2.15. The second-order valence-electron chi connectivity index (χ2n) is 4.38. The summed E-state index contributed by atoms with van der Waals surface area (Å²) in [5, 5.41) is 6.41. The Hall–Kier alpha value is -1.85. The number of halogens is 1. The van der Waals surface area contributed by atoms with E-state index < -0.39 is 0 Å². The van der Waals surface area contributed by atoms with Crippen LogP contribution in [0.2, 0.25) is 5.02 Å². The average molecular weight is 322 g/mol. The van der Waals surface area contributed by atoms with Crippen LogP contribution in [0.3, 0.4) is 0 Å². The van der Waals surface area contributed by atoms with Gasteiger partial charge >= 0.3 is 6.41 Å². The van der Waals surface area contributed by atoms with Crippen molar-refractivity contribution in [2.45, 2.75) is 20.3 Å². The van der Waals surface area contributed by atoms with E-state index in [-0.39, 0.29) is 5.91 Å². The molecule has 0 unspecified atom stereocenters. The van der Waals surface area contributed by atoms with Crippen molar-refractivity contribution in [3.63, 3.8) is 0 Å². The van der Waals surface area contributed by atoms with Crippen LogP contribution in [0.4, 0.5) is 10.7 Å². The normalized spacial score (nSPS) is 10.2. The highest BCUT2D eigenvalue weighted by molar-refractivity contribution is 7.16. The fraction of sp³-hybridized carbons (Fsp3) is 0.200. The highest BCUT2D eigenvalue weighted by Crippen LogP contribution is 2.33. The van der Waals surface area contributed by atoms with Gasteiger partial charge in [-0.3, -0.25) is 9.59 Å². The largest absolute Gasteiger partial charge is 0.322 e. The van der Waals surface area contributed by atoms with Gasteiger partial charge in [-0.05, 0) is 43.2 Å². The Kier molecular flexibility index (Phi) is 4.98. The summed E-state index contributed by atoms with van der Waals surface area (Å²) in [6, 6.07) is 6.86. The minimum absolute atomic E-state index is 0.253. The number of carbonyl (C=O) groups is 1. The molecule has 0 aliphatic heterocycles. The maximum absolute atomic E-state index is 12.5. The number of anilines is 2. The van der Waals surface area contributed by atoms with Gasteiger partial charge in [-0.15, -0.1) is 11.3 Å². The highest BCUT2D eigenvalue weighted by Gasteiger charge is 2.21. The molecule has 0 spiro atoms. The van der Waals surface area contributed by atoms with Crippen LogP contribution < -0.4 is 10.6 Å². The molecule has 2 N–H and O–H groups in total. The third-order valence-electron chi connectivity index (χ3n) is 3.06. The Labute approximate surface area is 132 Å². The Morgan fingerprint density at radius 2 is 2.00 bits per heavy atom. The molecule has 0 aliphatic rings. The molecule has 0 atom stereocenters. The first-order chi connectivity index (χ1) is 10.1. The lowest BCUT2D eigenvalue weighted by Gasteiger charge is -2.08. The fourth-order valence-corrected chi connectivity index (χ4v) is 3.32. The number of nitrogens with one attached hydrogen (secondary N) is 2. The van der Waals surface area contributed by atoms with Gasteiger partial charge in [0.25, 0.3) is 5.91 Å². The van der Waals surface area contributed by atoms with Gasteiger partial charge in [0.05, 0.1) is 5.56 Å². The zero-order valence-electron chi connectivity index (χ0n) is 11.6. The first kappa shape index (κ1) is 15.5. The molecule has 4 nitrogen and oxygen atoms in total. The Morgan fingerprint density at radius 1 is 1.33 bits per heavy atom. The van der Waals surface area contributed by atoms with Crippen LogP contribution in [0, 0.1) is 6.92 Å². The van der Waals surface area contributed by atoms with E-state index in [1.54, 1.807) is 30.7 Å². The average Bonchev–Trinajstić information content (AvgIpc) is 2.77. The van der Waals surface area contributed by atoms with E-state index in [2.05, 4.69) is 10.6 Å². The van der Waals surface area contributed by atoms with Crippen molar-refractivity contribution in [2.24, 2.45) is 0 Å². The molecule has 2 aromatic rings. The Bertz CT molecular complexity index is 665. The zero-order valence-corrected chi connectivity index (χ0v) is 13.2. The van der Waals surface area contributed by atoms with Crippen molar-refractivity contribution in [1.29, 1.82) is 0 Å². The molecule has 0 bridgehead atoms. The topological polar surface area (TPSA) is 58.2 Å². The van der Waals surface area contributed by atoms with Gasteiger partial charge in [0.1, 0.15) is 5.00 Å². The summed E-state index contributed by atoms with van der Waals surface area (Å²) in [5.41, 5.74) is 2.08. The summed E-state index contributed by atoms with van der Waals surface area (Å²) < 4.78 is 0. The molecule has 21 heavy (non-hydrogen) atoms. The molecule has 1 aromatic heterocycles. The number of benzene rings is 1. The SMILES string of the molecule is CCc1c(C)sc(N[C]=O)c1C(=O)Nc1ccc(Cl)cc1. The molecule has 2 amide bonds. The van der Waals surface area contributed by atoms with Crippen molar-refractivity contribution < 1.29 is 9.59 Å². The van der Waals surface area contributed by atoms with Crippen molar-refractivity contribution in [3.8, 4) is 0 Å². The first-order valence-electron chi connectivity index (χ1n) is 6.39. The second-order valence-corrected chi connectivity index (χ2v) is 6.04. The number of amides is 2. The molecule has 0 aliphatic carbocycles. The van der Waals surface area contributed by atoms with E-state index >= 15 is 0 Å². The summed E-state index contributed by atoms with van der Waals surface area (Å²) in [6.07, 6.45) is 2.34. The van der Waals surface area contributed by atoms with Crippen LogP contribution >= 0.6 is 22.9 Å². The summed E-state index contributed by atoms with van der Waals surface area (Å²) in [7, 11) is 0. The number of hydrogen-bond donors (Lipinski definition) is 2. The number of carbonyl (C=O) groups excluding carboxylic acids is 2. The third kappa shape index (κ3) is 3.43. The van der Waals surface area contributed by atoms with Crippen molar-refractivity contribution >= 4 is 45.9 Å². The van der Waals surface area contributed by atoms with Gasteiger partial charge in [0.2, 0.25) is 0 Å². The second kappa shape index (κ2) is 6.74. The monoisotopic (exact) mass is 321 g/mol. The van der Waals surface area contributed by atoms with Gasteiger partial charge < -0.3 is 10.6 Å². The van der Waals surface area contributed by atoms with Crippen molar-refractivity contribution in [2.75, 3.05) is 10.6 Å². The summed E-state index contributed by atoms with van der Waals surface area (Å²) in [6.45, 7) is 3.90. The molecule has 0 saturated carbocycles. The van der Waals surface area contributed by atoms with Gasteiger partial charge in [-0.1, -0.05) is 18.5 Å². The van der Waals surface area contributed by atoms with Crippen LogP contribution in [-0.4, -0.2) is 12.3 Å². The van der Waals surface area contributed by atoms with E-state index in [1.165, 1.54) is 11.3 Å². The quantitative estimate of drug-likeness (QED) is 0.818. The minimum Gasteiger partial charge on any atom is -0.322 e. The van der Waals surface area contributed by atoms with Crippen molar-refractivity contribution in [3.05, 3.63) is 45.3 Å². The van der Waals surface area contributed by atoms with Crippen LogP contribution in [0.25, 0.3) is 0 Å². The maximum atomic E-state index is 12.5. The minimum atomic E-state index is -0.253. The highest BCUT2D eigenvalue weighted by atomic mass is 35.5. The zero-order chi connectivity index (χ0) is 15.4. The number of rotatable bonds is 5. The smallest absolute Gasteiger partial charge is 0.314 e. The lowest BCUT2D eigenvalue weighted by molar-refractivity contribution is 0.102. The van der Waals surface area contributed by atoms with E-state index in [1.807, 2.05) is 13.8 Å². The van der Waals surface area contributed by atoms with Gasteiger partial charge in [0.15, 0.2) is 0 Å². The van der Waals surface area contributed by atoms with E-state index in [9.17, 15) is 9.59 Å². The molecular weight excluding hydrogens is 308 g/mol. The van der Waals surface area contributed by atoms with Gasteiger partial charge in [-0.2, -0.15) is 0 Å². The standard InChI is InChI=1S/C15H14ClN2O2S/c1-3-12-9(2)21-15(17-8-19)13(12)14(20)18-11-6-4-10(16)5-7-11/h4-7H,3H2,1-2H3,(H,17,19)(H,18,20). The van der Waals surface area contributed by atoms with E-state index in [4.69, 9.17) is 11.6 Å². The predicted octanol–water partition coefficient (Wildman–Crippen LogP) is 4.00. The number of thiophene rings is 1.